The molecule has 0 aliphatic carbocycles. The van der Waals surface area contributed by atoms with Gasteiger partial charge in [0.25, 0.3) is 11.8 Å². The lowest BCUT2D eigenvalue weighted by Gasteiger charge is -2.09. The molecule has 0 aromatic heterocycles. The lowest BCUT2D eigenvalue weighted by atomic mass is 10.1. The SMILES string of the molecule is CNC(=O)/C(=C\c1ccc(Cl)cc1)NC(=O)c1ccc(Br)cc1. The molecule has 0 fully saturated rings. The third-order valence-corrected chi connectivity index (χ3v) is 3.79. The highest BCUT2D eigenvalue weighted by molar-refractivity contribution is 9.10. The highest BCUT2D eigenvalue weighted by Gasteiger charge is 2.13. The fraction of sp³-hybridized carbons (Fsp3) is 0.0588. The van der Waals surface area contributed by atoms with E-state index in [-0.39, 0.29) is 17.5 Å². The summed E-state index contributed by atoms with van der Waals surface area (Å²) in [7, 11) is 1.50. The minimum atomic E-state index is -0.384. The number of carbonyl (C=O) groups excluding carboxylic acids is 2. The Morgan fingerprint density at radius 3 is 2.22 bits per heavy atom. The summed E-state index contributed by atoms with van der Waals surface area (Å²) < 4.78 is 0.872. The summed E-state index contributed by atoms with van der Waals surface area (Å²) in [5.41, 5.74) is 1.37. The average molecular weight is 394 g/mol. The van der Waals surface area contributed by atoms with E-state index in [1.165, 1.54) is 7.05 Å². The van der Waals surface area contributed by atoms with Crippen LogP contribution in [0.4, 0.5) is 0 Å². The topological polar surface area (TPSA) is 58.2 Å². The first kappa shape index (κ1) is 17.2. The van der Waals surface area contributed by atoms with Crippen molar-refractivity contribution in [2.75, 3.05) is 7.05 Å². The predicted molar refractivity (Wildman–Crippen MR) is 95.1 cm³/mol. The van der Waals surface area contributed by atoms with Crippen LogP contribution in [0.1, 0.15) is 15.9 Å². The minimum absolute atomic E-state index is 0.155. The molecule has 0 aliphatic heterocycles. The number of nitrogens with one attached hydrogen (secondary N) is 2. The second-order valence-electron chi connectivity index (χ2n) is 4.65. The van der Waals surface area contributed by atoms with Crippen molar-refractivity contribution in [3.8, 4) is 0 Å². The first-order valence-corrected chi connectivity index (χ1v) is 7.93. The minimum Gasteiger partial charge on any atom is -0.354 e. The van der Waals surface area contributed by atoms with E-state index in [1.54, 1.807) is 54.6 Å². The Kier molecular flexibility index (Phi) is 5.96. The molecule has 0 saturated heterocycles. The first-order valence-electron chi connectivity index (χ1n) is 6.76. The first-order chi connectivity index (χ1) is 11.0. The van der Waals surface area contributed by atoms with Crippen molar-refractivity contribution < 1.29 is 9.59 Å². The van der Waals surface area contributed by atoms with Crippen molar-refractivity contribution >= 4 is 45.4 Å². The third-order valence-electron chi connectivity index (χ3n) is 3.01. The van der Waals surface area contributed by atoms with Crippen molar-refractivity contribution in [3.63, 3.8) is 0 Å². The summed E-state index contributed by atoms with van der Waals surface area (Å²) in [5.74, 6) is -0.744. The van der Waals surface area contributed by atoms with E-state index in [4.69, 9.17) is 11.6 Å². The van der Waals surface area contributed by atoms with Gasteiger partial charge in [0.05, 0.1) is 0 Å². The number of amides is 2. The van der Waals surface area contributed by atoms with Crippen LogP contribution in [-0.4, -0.2) is 18.9 Å². The van der Waals surface area contributed by atoms with Crippen molar-refractivity contribution in [1.82, 2.24) is 10.6 Å². The van der Waals surface area contributed by atoms with Crippen molar-refractivity contribution in [1.29, 1.82) is 0 Å². The van der Waals surface area contributed by atoms with Crippen LogP contribution in [0.25, 0.3) is 6.08 Å². The number of carbonyl (C=O) groups is 2. The van der Waals surface area contributed by atoms with E-state index in [2.05, 4.69) is 26.6 Å². The number of hydrogen-bond donors (Lipinski definition) is 2. The Labute approximate surface area is 147 Å². The average Bonchev–Trinajstić information content (AvgIpc) is 2.56. The summed E-state index contributed by atoms with van der Waals surface area (Å²) in [6.07, 6.45) is 1.59. The molecule has 0 saturated carbocycles. The molecule has 0 radical (unpaired) electrons. The molecule has 0 atom stereocenters. The van der Waals surface area contributed by atoms with E-state index >= 15 is 0 Å². The zero-order chi connectivity index (χ0) is 16.8. The summed E-state index contributed by atoms with van der Waals surface area (Å²) in [6, 6.07) is 13.8. The monoisotopic (exact) mass is 392 g/mol. The smallest absolute Gasteiger partial charge is 0.267 e. The highest BCUT2D eigenvalue weighted by atomic mass is 79.9. The van der Waals surface area contributed by atoms with E-state index in [9.17, 15) is 9.59 Å². The zero-order valence-corrected chi connectivity index (χ0v) is 14.6. The standard InChI is InChI=1S/C17H14BrClN2O2/c1-20-17(23)15(10-11-2-8-14(19)9-3-11)21-16(22)12-4-6-13(18)7-5-12/h2-10H,1H3,(H,20,23)(H,21,22)/b15-10+. The molecule has 2 rings (SSSR count). The van der Waals surface area contributed by atoms with Gasteiger partial charge in [0.15, 0.2) is 0 Å². The van der Waals surface area contributed by atoms with Crippen LogP contribution in [0.2, 0.25) is 5.02 Å². The Balaban J connectivity index is 2.25. The van der Waals surface area contributed by atoms with Gasteiger partial charge in [-0.2, -0.15) is 0 Å². The van der Waals surface area contributed by atoms with Gasteiger partial charge in [-0.05, 0) is 48.0 Å². The Morgan fingerprint density at radius 1 is 1.04 bits per heavy atom. The molecule has 0 spiro atoms. The van der Waals surface area contributed by atoms with Crippen LogP contribution < -0.4 is 10.6 Å². The van der Waals surface area contributed by atoms with Crippen LogP contribution in [-0.2, 0) is 4.79 Å². The Morgan fingerprint density at radius 2 is 1.65 bits per heavy atom. The molecule has 0 heterocycles. The number of halogens is 2. The highest BCUT2D eigenvalue weighted by Crippen LogP contribution is 2.13. The van der Waals surface area contributed by atoms with Crippen LogP contribution >= 0.6 is 27.5 Å². The van der Waals surface area contributed by atoms with Gasteiger partial charge in [-0.3, -0.25) is 9.59 Å². The van der Waals surface area contributed by atoms with Gasteiger partial charge in [0.2, 0.25) is 0 Å². The Hall–Kier alpha value is -2.11. The molecule has 0 aliphatic rings. The van der Waals surface area contributed by atoms with Gasteiger partial charge in [0.1, 0.15) is 5.70 Å². The number of rotatable bonds is 4. The maximum Gasteiger partial charge on any atom is 0.267 e. The molecule has 2 aromatic rings. The molecule has 23 heavy (non-hydrogen) atoms. The summed E-state index contributed by atoms with van der Waals surface area (Å²) in [4.78, 5) is 24.2. The normalized spacial score (nSPS) is 11.0. The van der Waals surface area contributed by atoms with Gasteiger partial charge >= 0.3 is 0 Å². The van der Waals surface area contributed by atoms with Crippen molar-refractivity contribution in [3.05, 3.63) is 74.9 Å². The molecule has 118 valence electrons. The predicted octanol–water partition coefficient (Wildman–Crippen LogP) is 3.62. The van der Waals surface area contributed by atoms with Crippen LogP contribution in [0, 0.1) is 0 Å². The fourth-order valence-electron chi connectivity index (χ4n) is 1.81. The molecule has 0 unspecified atom stereocenters. The summed E-state index contributed by atoms with van der Waals surface area (Å²) in [5, 5.41) is 5.74. The van der Waals surface area contributed by atoms with Crippen molar-refractivity contribution in [2.45, 2.75) is 0 Å². The maximum atomic E-state index is 12.3. The second kappa shape index (κ2) is 7.94. The fourth-order valence-corrected chi connectivity index (χ4v) is 2.20. The zero-order valence-electron chi connectivity index (χ0n) is 12.3. The molecule has 2 amide bonds. The van der Waals surface area contributed by atoms with Gasteiger partial charge in [-0.15, -0.1) is 0 Å². The van der Waals surface area contributed by atoms with Crippen LogP contribution in [0.15, 0.2) is 58.7 Å². The molecule has 2 aromatic carbocycles. The van der Waals surface area contributed by atoms with Crippen LogP contribution in [0.5, 0.6) is 0 Å². The molecule has 0 bridgehead atoms. The van der Waals surface area contributed by atoms with Crippen LogP contribution in [0.3, 0.4) is 0 Å². The molecular formula is C17H14BrClN2O2. The van der Waals surface area contributed by atoms with E-state index in [1.807, 2.05) is 0 Å². The number of hydrogen-bond acceptors (Lipinski definition) is 2. The number of likely N-dealkylation sites (N-methyl/N-ethyl adjacent to an activating group) is 1. The van der Waals surface area contributed by atoms with Gasteiger partial charge < -0.3 is 10.6 Å². The van der Waals surface area contributed by atoms with Gasteiger partial charge in [-0.25, -0.2) is 0 Å². The maximum absolute atomic E-state index is 12.3. The van der Waals surface area contributed by atoms with E-state index in [0.717, 1.165) is 10.0 Å². The molecular weight excluding hydrogens is 380 g/mol. The molecule has 2 N–H and O–H groups in total. The number of benzene rings is 2. The summed E-state index contributed by atoms with van der Waals surface area (Å²) in [6.45, 7) is 0. The largest absolute Gasteiger partial charge is 0.354 e. The quantitative estimate of drug-likeness (QED) is 0.780. The van der Waals surface area contributed by atoms with Gasteiger partial charge in [-0.1, -0.05) is 39.7 Å². The second-order valence-corrected chi connectivity index (χ2v) is 6.00. The lowest BCUT2D eigenvalue weighted by Crippen LogP contribution is -2.33. The van der Waals surface area contributed by atoms with E-state index < -0.39 is 0 Å². The summed E-state index contributed by atoms with van der Waals surface area (Å²) >= 11 is 9.15. The van der Waals surface area contributed by atoms with Gasteiger partial charge in [0, 0.05) is 22.1 Å². The Bertz CT molecular complexity index is 740. The van der Waals surface area contributed by atoms with E-state index in [0.29, 0.717) is 10.6 Å². The molecule has 4 nitrogen and oxygen atoms in total. The third kappa shape index (κ3) is 4.94. The van der Waals surface area contributed by atoms with Crippen molar-refractivity contribution in [2.24, 2.45) is 0 Å². The molecule has 6 heteroatoms. The lowest BCUT2D eigenvalue weighted by molar-refractivity contribution is -0.117.